The van der Waals surface area contributed by atoms with Crippen LogP contribution >= 0.6 is 11.6 Å². The van der Waals surface area contributed by atoms with E-state index in [1.54, 1.807) is 0 Å². The second-order valence-corrected chi connectivity index (χ2v) is 3.02. The summed E-state index contributed by atoms with van der Waals surface area (Å²) in [7, 11) is 0. The van der Waals surface area contributed by atoms with Crippen LogP contribution in [0.1, 0.15) is 26.7 Å². The molecule has 0 saturated carbocycles. The summed E-state index contributed by atoms with van der Waals surface area (Å²) < 4.78 is 4.36. The first kappa shape index (κ1) is 9.56. The first-order chi connectivity index (χ1) is 4.48. The topological polar surface area (TPSA) is 46.5 Å². The Balaban J connectivity index is 3.74. The van der Waals surface area contributed by atoms with E-state index in [1.807, 2.05) is 6.92 Å². The van der Waals surface area contributed by atoms with Crippen molar-refractivity contribution in [2.24, 2.45) is 0 Å². The molecule has 0 heterocycles. The molecule has 0 fully saturated rings. The Hall–Kier alpha value is -0.440. The lowest BCUT2D eigenvalue weighted by atomic mass is 10.2. The summed E-state index contributed by atoms with van der Waals surface area (Å²) in [6.45, 7) is 3.44. The monoisotopic (exact) mass is 166 g/mol. The summed E-state index contributed by atoms with van der Waals surface area (Å²) in [5.74, 6) is 0. The van der Waals surface area contributed by atoms with Gasteiger partial charge in [-0.05, 0) is 6.92 Å². The fraction of sp³-hybridized carbons (Fsp3) is 0.833. The number of hydrogen-bond acceptors (Lipinski definition) is 2. The van der Waals surface area contributed by atoms with E-state index in [4.69, 9.17) is 16.7 Å². The van der Waals surface area contributed by atoms with Gasteiger partial charge in [0.1, 0.15) is 0 Å². The minimum absolute atomic E-state index is 0.529. The van der Waals surface area contributed by atoms with Crippen molar-refractivity contribution in [3.63, 3.8) is 0 Å². The standard InChI is InChI=1S/C6H11ClO3/c1-3-4-6(2,7)10-5(8)9/h3-4H2,1-2H3,(H,8,9). The second-order valence-electron chi connectivity index (χ2n) is 2.22. The van der Waals surface area contributed by atoms with Gasteiger partial charge in [0.15, 0.2) is 5.06 Å². The Labute approximate surface area is 64.9 Å². The third-order valence-corrected chi connectivity index (χ3v) is 1.26. The van der Waals surface area contributed by atoms with Crippen LogP contribution in [0.3, 0.4) is 0 Å². The molecule has 1 atom stereocenters. The SMILES string of the molecule is CCCC(C)(Cl)OC(=O)O. The first-order valence-corrected chi connectivity index (χ1v) is 3.46. The molecule has 0 aromatic rings. The molecule has 0 radical (unpaired) electrons. The van der Waals surface area contributed by atoms with E-state index in [2.05, 4.69) is 4.74 Å². The molecule has 1 unspecified atom stereocenters. The number of carbonyl (C=O) groups is 1. The van der Waals surface area contributed by atoms with E-state index in [0.29, 0.717) is 6.42 Å². The van der Waals surface area contributed by atoms with Gasteiger partial charge < -0.3 is 9.84 Å². The highest BCUT2D eigenvalue weighted by Gasteiger charge is 2.23. The zero-order valence-corrected chi connectivity index (χ0v) is 6.81. The van der Waals surface area contributed by atoms with E-state index in [0.717, 1.165) is 6.42 Å². The number of halogens is 1. The Morgan fingerprint density at radius 1 is 1.80 bits per heavy atom. The molecule has 3 nitrogen and oxygen atoms in total. The fourth-order valence-electron chi connectivity index (χ4n) is 0.680. The fourth-order valence-corrected chi connectivity index (χ4v) is 0.935. The largest absolute Gasteiger partial charge is 0.507 e. The maximum Gasteiger partial charge on any atom is 0.507 e. The van der Waals surface area contributed by atoms with Crippen molar-refractivity contribution in [3.05, 3.63) is 0 Å². The van der Waals surface area contributed by atoms with Crippen LogP contribution in [0, 0.1) is 0 Å². The smallest absolute Gasteiger partial charge is 0.450 e. The van der Waals surface area contributed by atoms with Crippen LogP contribution in [-0.2, 0) is 4.74 Å². The van der Waals surface area contributed by atoms with Crippen molar-refractivity contribution < 1.29 is 14.6 Å². The van der Waals surface area contributed by atoms with Gasteiger partial charge in [-0.25, -0.2) is 4.79 Å². The maximum atomic E-state index is 9.98. The number of rotatable bonds is 3. The van der Waals surface area contributed by atoms with Crippen LogP contribution in [0.25, 0.3) is 0 Å². The molecule has 0 aliphatic rings. The number of ether oxygens (including phenoxy) is 1. The van der Waals surface area contributed by atoms with Crippen LogP contribution < -0.4 is 0 Å². The summed E-state index contributed by atoms with van der Waals surface area (Å²) in [6.07, 6.45) is -0.000309. The van der Waals surface area contributed by atoms with Gasteiger partial charge in [-0.15, -0.1) is 0 Å². The van der Waals surface area contributed by atoms with Gasteiger partial charge in [0.05, 0.1) is 0 Å². The average molecular weight is 167 g/mol. The number of hydrogen-bond donors (Lipinski definition) is 1. The Morgan fingerprint density at radius 2 is 2.30 bits per heavy atom. The third-order valence-electron chi connectivity index (χ3n) is 0.997. The predicted molar refractivity (Wildman–Crippen MR) is 38.3 cm³/mol. The highest BCUT2D eigenvalue weighted by molar-refractivity contribution is 6.23. The molecule has 0 aliphatic heterocycles. The molecule has 60 valence electrons. The second kappa shape index (κ2) is 3.66. The Morgan fingerprint density at radius 3 is 2.60 bits per heavy atom. The zero-order chi connectivity index (χ0) is 8.20. The molecule has 0 spiro atoms. The van der Waals surface area contributed by atoms with Gasteiger partial charge in [-0.2, -0.15) is 0 Å². The average Bonchev–Trinajstić information content (AvgIpc) is 1.59. The van der Waals surface area contributed by atoms with Gasteiger partial charge in [-0.3, -0.25) is 0 Å². The molecule has 0 saturated heterocycles. The Kier molecular flexibility index (Phi) is 3.50. The van der Waals surface area contributed by atoms with Crippen molar-refractivity contribution in [2.75, 3.05) is 0 Å². The maximum absolute atomic E-state index is 9.98. The van der Waals surface area contributed by atoms with Crippen LogP contribution in [0.15, 0.2) is 0 Å². The molecule has 0 aromatic heterocycles. The minimum atomic E-state index is -1.33. The van der Waals surface area contributed by atoms with Gasteiger partial charge in [0.2, 0.25) is 0 Å². The first-order valence-electron chi connectivity index (χ1n) is 3.09. The molecular weight excluding hydrogens is 156 g/mol. The Bertz CT molecular complexity index is 122. The van der Waals surface area contributed by atoms with E-state index in [-0.39, 0.29) is 0 Å². The third kappa shape index (κ3) is 4.44. The summed E-state index contributed by atoms with van der Waals surface area (Å²) >= 11 is 5.63. The minimum Gasteiger partial charge on any atom is -0.450 e. The van der Waals surface area contributed by atoms with Crippen molar-refractivity contribution in [1.29, 1.82) is 0 Å². The van der Waals surface area contributed by atoms with E-state index in [1.165, 1.54) is 6.92 Å². The summed E-state index contributed by atoms with van der Waals surface area (Å²) in [5, 5.41) is 7.11. The summed E-state index contributed by atoms with van der Waals surface area (Å²) in [5.41, 5.74) is 0. The van der Waals surface area contributed by atoms with E-state index >= 15 is 0 Å². The quantitative estimate of drug-likeness (QED) is 0.518. The molecular formula is C6H11ClO3. The molecule has 1 N–H and O–H groups in total. The van der Waals surface area contributed by atoms with Gasteiger partial charge in [-0.1, -0.05) is 24.9 Å². The van der Waals surface area contributed by atoms with Gasteiger partial charge >= 0.3 is 6.16 Å². The molecule has 0 bridgehead atoms. The highest BCUT2D eigenvalue weighted by Crippen LogP contribution is 2.22. The predicted octanol–water partition coefficient (Wildman–Crippen LogP) is 2.44. The lowest BCUT2D eigenvalue weighted by molar-refractivity contribution is 0.0349. The molecule has 4 heteroatoms. The molecule has 0 aliphatic carbocycles. The summed E-state index contributed by atoms with van der Waals surface area (Å²) in [6, 6.07) is 0. The molecule has 0 amide bonds. The van der Waals surface area contributed by atoms with Crippen LogP contribution in [-0.4, -0.2) is 16.3 Å². The molecule has 0 rings (SSSR count). The van der Waals surface area contributed by atoms with Crippen LogP contribution in [0.4, 0.5) is 4.79 Å². The van der Waals surface area contributed by atoms with Crippen molar-refractivity contribution in [1.82, 2.24) is 0 Å². The zero-order valence-electron chi connectivity index (χ0n) is 6.06. The van der Waals surface area contributed by atoms with E-state index in [9.17, 15) is 4.79 Å². The highest BCUT2D eigenvalue weighted by atomic mass is 35.5. The number of carboxylic acid groups (broad SMARTS) is 1. The number of alkyl halides is 1. The normalized spacial score (nSPS) is 15.9. The van der Waals surface area contributed by atoms with Crippen LogP contribution in [0.2, 0.25) is 0 Å². The molecule has 0 aromatic carbocycles. The lowest BCUT2D eigenvalue weighted by Crippen LogP contribution is -2.23. The van der Waals surface area contributed by atoms with Crippen molar-refractivity contribution in [3.8, 4) is 0 Å². The van der Waals surface area contributed by atoms with Gasteiger partial charge in [0, 0.05) is 6.42 Å². The lowest BCUT2D eigenvalue weighted by Gasteiger charge is -2.18. The summed E-state index contributed by atoms with van der Waals surface area (Å²) in [4.78, 5) is 9.98. The van der Waals surface area contributed by atoms with Crippen molar-refractivity contribution >= 4 is 17.8 Å². The van der Waals surface area contributed by atoms with Crippen LogP contribution in [0.5, 0.6) is 0 Å². The van der Waals surface area contributed by atoms with Gasteiger partial charge in [0.25, 0.3) is 0 Å². The molecule has 10 heavy (non-hydrogen) atoms. The van der Waals surface area contributed by atoms with E-state index < -0.39 is 11.2 Å². The van der Waals surface area contributed by atoms with Crippen molar-refractivity contribution in [2.45, 2.75) is 31.7 Å².